The molecule has 3 amide bonds. The van der Waals surface area contributed by atoms with Gasteiger partial charge in [-0.25, -0.2) is 9.29 Å². The van der Waals surface area contributed by atoms with Crippen LogP contribution in [0.4, 0.5) is 10.1 Å². The minimum absolute atomic E-state index is 0.147. The predicted octanol–water partition coefficient (Wildman–Crippen LogP) is 3.47. The Morgan fingerprint density at radius 2 is 1.68 bits per heavy atom. The highest BCUT2D eigenvalue weighted by Crippen LogP contribution is 2.53. The molecule has 38 heavy (non-hydrogen) atoms. The third kappa shape index (κ3) is 4.33. The van der Waals surface area contributed by atoms with E-state index in [2.05, 4.69) is 15.9 Å². The molecule has 0 bridgehead atoms. The maximum absolute atomic E-state index is 13.8. The Hall–Kier alpha value is -2.80. The number of benzene rings is 2. The average Bonchev–Trinajstić information content (AvgIpc) is 3.36. The fraction of sp³-hybridized carbons (Fsp3) is 0.308. The van der Waals surface area contributed by atoms with Crippen LogP contribution in [0.1, 0.15) is 16.4 Å². The zero-order valence-electron chi connectivity index (χ0n) is 19.8. The van der Waals surface area contributed by atoms with Gasteiger partial charge < -0.3 is 9.64 Å². The van der Waals surface area contributed by atoms with Gasteiger partial charge in [-0.1, -0.05) is 51.2 Å². The summed E-state index contributed by atoms with van der Waals surface area (Å²) in [5.74, 6) is -2.79. The number of nitrogens with zero attached hydrogens (tertiary/aromatic N) is 3. The maximum atomic E-state index is 13.8. The van der Waals surface area contributed by atoms with E-state index < -0.39 is 34.7 Å². The maximum Gasteiger partial charge on any atom is 0.308 e. The minimum Gasteiger partial charge on any atom is -0.378 e. The Kier molecular flexibility index (Phi) is 6.75. The predicted molar refractivity (Wildman–Crippen MR) is 144 cm³/mol. The van der Waals surface area contributed by atoms with Crippen LogP contribution < -0.4 is 9.77 Å². The number of aromatic nitrogens is 1. The van der Waals surface area contributed by atoms with E-state index in [1.807, 2.05) is 24.3 Å². The van der Waals surface area contributed by atoms with E-state index in [0.717, 1.165) is 38.0 Å². The smallest absolute Gasteiger partial charge is 0.308 e. The van der Waals surface area contributed by atoms with Crippen LogP contribution in [0.15, 0.2) is 62.8 Å². The molecule has 1 aromatic heterocycles. The fourth-order valence-electron chi connectivity index (χ4n) is 5.18. The second-order valence-corrected chi connectivity index (χ2v) is 12.2. The van der Waals surface area contributed by atoms with Gasteiger partial charge in [0.2, 0.25) is 17.7 Å². The minimum atomic E-state index is -0.799. The van der Waals surface area contributed by atoms with Gasteiger partial charge in [-0.2, -0.15) is 0 Å². The summed E-state index contributed by atoms with van der Waals surface area (Å²) in [4.78, 5) is 56.9. The van der Waals surface area contributed by atoms with E-state index >= 15 is 0 Å². The van der Waals surface area contributed by atoms with Gasteiger partial charge >= 0.3 is 4.87 Å². The first-order valence-corrected chi connectivity index (χ1v) is 14.5. The van der Waals surface area contributed by atoms with Crippen molar-refractivity contribution in [3.8, 4) is 0 Å². The summed E-state index contributed by atoms with van der Waals surface area (Å²) < 4.78 is 21.2. The average molecular weight is 619 g/mol. The molecule has 3 aliphatic heterocycles. The van der Waals surface area contributed by atoms with Crippen molar-refractivity contribution in [2.75, 3.05) is 31.2 Å². The summed E-state index contributed by atoms with van der Waals surface area (Å²) in [5, 5.41) is -0.259. The lowest BCUT2D eigenvalue weighted by Gasteiger charge is -2.31. The van der Waals surface area contributed by atoms with E-state index in [0.29, 0.717) is 41.9 Å². The van der Waals surface area contributed by atoms with E-state index in [9.17, 15) is 23.6 Å². The van der Waals surface area contributed by atoms with Crippen LogP contribution >= 0.6 is 39.0 Å². The van der Waals surface area contributed by atoms with Gasteiger partial charge in [0.15, 0.2) is 0 Å². The van der Waals surface area contributed by atoms with Gasteiger partial charge in [-0.05, 0) is 42.0 Å². The van der Waals surface area contributed by atoms with Crippen LogP contribution in [0.2, 0.25) is 0 Å². The van der Waals surface area contributed by atoms with Crippen LogP contribution in [-0.2, 0) is 25.7 Å². The lowest BCUT2D eigenvalue weighted by molar-refractivity contribution is -0.136. The van der Waals surface area contributed by atoms with Crippen molar-refractivity contribution in [3.05, 3.63) is 78.9 Å². The molecule has 6 rings (SSSR count). The summed E-state index contributed by atoms with van der Waals surface area (Å²) >= 11 is 5.61. The molecule has 3 atom stereocenters. The van der Waals surface area contributed by atoms with Gasteiger partial charge in [0, 0.05) is 28.4 Å². The molecule has 196 valence electrons. The third-order valence-corrected chi connectivity index (χ3v) is 10.2. The fourth-order valence-corrected chi connectivity index (χ4v) is 8.21. The van der Waals surface area contributed by atoms with Crippen molar-refractivity contribution in [1.29, 1.82) is 0 Å². The second kappa shape index (κ2) is 10.1. The number of carbonyl (C=O) groups is 3. The number of imide groups is 1. The molecule has 2 fully saturated rings. The van der Waals surface area contributed by atoms with Gasteiger partial charge in [0.1, 0.15) is 17.6 Å². The van der Waals surface area contributed by atoms with E-state index in [1.165, 1.54) is 28.8 Å². The molecule has 12 heteroatoms. The zero-order valence-corrected chi connectivity index (χ0v) is 23.1. The SMILES string of the molecule is O=C(Cn1c2c(sc1=O)C(c1ccc(Br)cc1)C1C(=O)N(c3ccc(F)cc3)C(=O)C1S2)N1CCOCC1. The number of amides is 3. The molecule has 0 spiro atoms. The van der Waals surface area contributed by atoms with Crippen LogP contribution in [0.5, 0.6) is 0 Å². The lowest BCUT2D eigenvalue weighted by Crippen LogP contribution is -2.43. The number of morpholine rings is 1. The lowest BCUT2D eigenvalue weighted by atomic mass is 9.83. The Bertz CT molecular complexity index is 1480. The molecule has 2 aromatic carbocycles. The molecular formula is C26H21BrFN3O5S2. The highest BCUT2D eigenvalue weighted by molar-refractivity contribution is 9.10. The molecule has 0 aliphatic carbocycles. The molecule has 2 saturated heterocycles. The molecule has 0 N–H and O–H groups in total. The third-order valence-electron chi connectivity index (χ3n) is 7.02. The Balaban J connectivity index is 1.43. The monoisotopic (exact) mass is 617 g/mol. The standard InChI is InChI=1S/C26H21BrFN3O5S2/c27-15-3-1-14(2-4-15)19-20-21(24(34)31(23(20)33)17-7-5-16(28)6-8-17)37-25-22(19)38-26(35)30(25)13-18(32)29-9-11-36-12-10-29/h1-8,19-21H,9-13H2. The largest absolute Gasteiger partial charge is 0.378 e. The number of carbonyl (C=O) groups excluding carboxylic acids is 3. The first-order chi connectivity index (χ1) is 18.3. The summed E-state index contributed by atoms with van der Waals surface area (Å²) in [6.07, 6.45) is 0. The summed E-state index contributed by atoms with van der Waals surface area (Å²) in [6.45, 7) is 1.66. The number of hydrogen-bond donors (Lipinski definition) is 0. The highest BCUT2D eigenvalue weighted by Gasteiger charge is 2.56. The first-order valence-electron chi connectivity index (χ1n) is 12.0. The second-order valence-electron chi connectivity index (χ2n) is 9.20. The quantitative estimate of drug-likeness (QED) is 0.417. The van der Waals surface area contributed by atoms with Crippen LogP contribution in [0.25, 0.3) is 0 Å². The molecular weight excluding hydrogens is 597 g/mol. The Morgan fingerprint density at radius 1 is 1.00 bits per heavy atom. The molecule has 3 unspecified atom stereocenters. The van der Waals surface area contributed by atoms with E-state index in [1.54, 1.807) is 4.90 Å². The molecule has 4 heterocycles. The van der Waals surface area contributed by atoms with Crippen molar-refractivity contribution in [1.82, 2.24) is 9.47 Å². The van der Waals surface area contributed by atoms with Gasteiger partial charge in [-0.3, -0.25) is 23.7 Å². The van der Waals surface area contributed by atoms with Crippen molar-refractivity contribution < 1.29 is 23.5 Å². The number of rotatable bonds is 4. The number of thiazole rings is 1. The number of fused-ring (bicyclic) bond motifs is 2. The van der Waals surface area contributed by atoms with Gasteiger partial charge in [-0.15, -0.1) is 0 Å². The van der Waals surface area contributed by atoms with Crippen LogP contribution in [0, 0.1) is 11.7 Å². The van der Waals surface area contributed by atoms with Crippen molar-refractivity contribution in [3.63, 3.8) is 0 Å². The topological polar surface area (TPSA) is 88.9 Å². The van der Waals surface area contributed by atoms with E-state index in [4.69, 9.17) is 4.74 Å². The molecule has 0 saturated carbocycles. The molecule has 0 radical (unpaired) electrons. The summed E-state index contributed by atoms with van der Waals surface area (Å²) in [6, 6.07) is 12.7. The van der Waals surface area contributed by atoms with E-state index in [-0.39, 0.29) is 17.3 Å². The van der Waals surface area contributed by atoms with Crippen molar-refractivity contribution in [2.24, 2.45) is 5.92 Å². The molecule has 3 aromatic rings. The zero-order chi connectivity index (χ0) is 26.6. The highest BCUT2D eigenvalue weighted by atomic mass is 79.9. The number of ether oxygens (including phenoxy) is 1. The number of anilines is 1. The van der Waals surface area contributed by atoms with Crippen LogP contribution in [0.3, 0.4) is 0 Å². The van der Waals surface area contributed by atoms with Gasteiger partial charge in [0.05, 0.1) is 29.8 Å². The van der Waals surface area contributed by atoms with Crippen molar-refractivity contribution >= 4 is 62.4 Å². The van der Waals surface area contributed by atoms with Gasteiger partial charge in [0.25, 0.3) is 0 Å². The Morgan fingerprint density at radius 3 is 2.37 bits per heavy atom. The summed E-state index contributed by atoms with van der Waals surface area (Å²) in [7, 11) is 0. The van der Waals surface area contributed by atoms with Crippen LogP contribution in [-0.4, -0.2) is 58.7 Å². The first kappa shape index (κ1) is 25.5. The molecule has 3 aliphatic rings. The molecule has 8 nitrogen and oxygen atoms in total. The number of halogens is 2. The summed E-state index contributed by atoms with van der Waals surface area (Å²) in [5.41, 5.74) is 1.09. The number of hydrogen-bond acceptors (Lipinski definition) is 7. The normalized spacial score (nSPS) is 22.9. The van der Waals surface area contributed by atoms with Crippen molar-refractivity contribution in [2.45, 2.75) is 22.7 Å². The Labute approximate surface area is 233 Å². The number of thioether (sulfide) groups is 1.